The summed E-state index contributed by atoms with van der Waals surface area (Å²) in [6, 6.07) is 7.29. The second kappa shape index (κ2) is 7.89. The quantitative estimate of drug-likeness (QED) is 0.662. The van der Waals surface area contributed by atoms with Gasteiger partial charge in [-0.05, 0) is 66.6 Å². The monoisotopic (exact) mass is 441 g/mol. The molecular formula is C22H23N3O3S2. The highest BCUT2D eigenvalue weighted by molar-refractivity contribution is 7.80. The molecule has 30 heavy (non-hydrogen) atoms. The first-order valence-corrected chi connectivity index (χ1v) is 11.1. The van der Waals surface area contributed by atoms with Crippen molar-refractivity contribution in [3.05, 3.63) is 39.8 Å². The number of nitriles is 1. The number of carbonyl (C=O) groups is 1. The van der Waals surface area contributed by atoms with Crippen molar-refractivity contribution in [1.82, 2.24) is 5.32 Å². The van der Waals surface area contributed by atoms with E-state index in [2.05, 4.69) is 37.5 Å². The number of hydrogen-bond acceptors (Lipinski definition) is 6. The molecule has 6 nitrogen and oxygen atoms in total. The summed E-state index contributed by atoms with van der Waals surface area (Å²) in [5.74, 6) is 1.38. The Balaban J connectivity index is 1.47. The Morgan fingerprint density at radius 1 is 1.30 bits per heavy atom. The minimum absolute atomic E-state index is 0.149. The third-order valence-corrected chi connectivity index (χ3v) is 7.06. The maximum atomic E-state index is 12.6. The summed E-state index contributed by atoms with van der Waals surface area (Å²) < 4.78 is 10.6. The Labute approximate surface area is 185 Å². The van der Waals surface area contributed by atoms with Crippen LogP contribution in [0, 0.1) is 22.7 Å². The summed E-state index contributed by atoms with van der Waals surface area (Å²) in [5, 5.41) is 16.3. The van der Waals surface area contributed by atoms with E-state index in [1.165, 1.54) is 4.88 Å². The SMILES string of the molecule is CC(C)(C)C1CCc2c(sc(NC(=S)NC(=O)c3ccc4c(c3)OCO4)c2C#N)C1. The molecule has 1 unspecified atom stereocenters. The van der Waals surface area contributed by atoms with Gasteiger partial charge in [-0.25, -0.2) is 0 Å². The van der Waals surface area contributed by atoms with E-state index in [0.717, 1.165) is 24.8 Å². The van der Waals surface area contributed by atoms with Crippen molar-refractivity contribution in [1.29, 1.82) is 5.26 Å². The summed E-state index contributed by atoms with van der Waals surface area (Å²) >= 11 is 6.91. The number of rotatable bonds is 2. The van der Waals surface area contributed by atoms with E-state index in [9.17, 15) is 10.1 Å². The average molecular weight is 442 g/mol. The number of nitrogens with one attached hydrogen (secondary N) is 2. The van der Waals surface area contributed by atoms with Crippen LogP contribution in [0.25, 0.3) is 0 Å². The molecule has 0 fully saturated rings. The molecule has 1 aliphatic carbocycles. The van der Waals surface area contributed by atoms with Crippen molar-refractivity contribution in [2.45, 2.75) is 40.0 Å². The fourth-order valence-corrected chi connectivity index (χ4v) is 5.42. The van der Waals surface area contributed by atoms with E-state index in [0.29, 0.717) is 33.5 Å². The first-order chi connectivity index (χ1) is 14.3. The molecule has 1 aromatic carbocycles. The van der Waals surface area contributed by atoms with Crippen molar-refractivity contribution in [3.8, 4) is 17.6 Å². The van der Waals surface area contributed by atoms with Gasteiger partial charge < -0.3 is 14.8 Å². The summed E-state index contributed by atoms with van der Waals surface area (Å²) in [5.41, 5.74) is 2.41. The van der Waals surface area contributed by atoms with Crippen LogP contribution in [0.1, 0.15) is 53.6 Å². The van der Waals surface area contributed by atoms with E-state index in [-0.39, 0.29) is 23.2 Å². The number of thiophene rings is 1. The molecule has 156 valence electrons. The van der Waals surface area contributed by atoms with E-state index in [1.54, 1.807) is 29.5 Å². The Morgan fingerprint density at radius 2 is 2.07 bits per heavy atom. The molecule has 4 rings (SSSR count). The van der Waals surface area contributed by atoms with E-state index >= 15 is 0 Å². The number of fused-ring (bicyclic) bond motifs is 2. The zero-order valence-corrected chi connectivity index (χ0v) is 18.8. The summed E-state index contributed by atoms with van der Waals surface area (Å²) in [7, 11) is 0. The number of benzene rings is 1. The number of thiocarbonyl (C=S) groups is 1. The number of ether oxygens (including phenoxy) is 2. The van der Waals surface area contributed by atoms with E-state index < -0.39 is 0 Å². The number of hydrogen-bond donors (Lipinski definition) is 2. The molecule has 1 aliphatic heterocycles. The zero-order chi connectivity index (χ0) is 21.5. The fraction of sp³-hybridized carbons (Fsp3) is 0.409. The summed E-state index contributed by atoms with van der Waals surface area (Å²) in [6.45, 7) is 6.95. The predicted octanol–water partition coefficient (Wildman–Crippen LogP) is 4.63. The third-order valence-electron chi connectivity index (χ3n) is 5.69. The highest BCUT2D eigenvalue weighted by Crippen LogP contribution is 2.44. The lowest BCUT2D eigenvalue weighted by Gasteiger charge is -2.33. The lowest BCUT2D eigenvalue weighted by molar-refractivity contribution is 0.0977. The van der Waals surface area contributed by atoms with E-state index in [4.69, 9.17) is 21.7 Å². The topological polar surface area (TPSA) is 83.4 Å². The highest BCUT2D eigenvalue weighted by Gasteiger charge is 2.32. The van der Waals surface area contributed by atoms with E-state index in [1.807, 2.05) is 0 Å². The Morgan fingerprint density at radius 3 is 2.80 bits per heavy atom. The van der Waals surface area contributed by atoms with Crippen molar-refractivity contribution in [2.75, 3.05) is 12.1 Å². The molecule has 2 N–H and O–H groups in total. The molecule has 1 amide bonds. The predicted molar refractivity (Wildman–Crippen MR) is 120 cm³/mol. The van der Waals surface area contributed by atoms with Gasteiger partial charge in [-0.2, -0.15) is 5.26 Å². The number of nitrogens with zero attached hydrogens (tertiary/aromatic N) is 1. The van der Waals surface area contributed by atoms with Crippen molar-refractivity contribution >= 4 is 39.6 Å². The normalized spacial score (nSPS) is 17.1. The molecule has 0 bridgehead atoms. The van der Waals surface area contributed by atoms with Crippen molar-refractivity contribution in [3.63, 3.8) is 0 Å². The molecule has 2 aromatic rings. The molecule has 0 saturated heterocycles. The van der Waals surface area contributed by atoms with Crippen LogP contribution >= 0.6 is 23.6 Å². The molecule has 0 radical (unpaired) electrons. The number of anilines is 1. The fourth-order valence-electron chi connectivity index (χ4n) is 3.88. The van der Waals surface area contributed by atoms with Gasteiger partial charge in [-0.1, -0.05) is 20.8 Å². The van der Waals surface area contributed by atoms with Gasteiger partial charge in [0.1, 0.15) is 11.1 Å². The van der Waals surface area contributed by atoms with Crippen LogP contribution in [0.5, 0.6) is 11.5 Å². The maximum Gasteiger partial charge on any atom is 0.257 e. The van der Waals surface area contributed by atoms with Gasteiger partial charge in [0.15, 0.2) is 16.6 Å². The van der Waals surface area contributed by atoms with Crippen LogP contribution in [0.2, 0.25) is 0 Å². The van der Waals surface area contributed by atoms with Gasteiger partial charge in [0.05, 0.1) is 5.56 Å². The Kier molecular flexibility index (Phi) is 5.43. The third kappa shape index (κ3) is 4.00. The number of carbonyl (C=O) groups excluding carboxylic acids is 1. The highest BCUT2D eigenvalue weighted by atomic mass is 32.1. The summed E-state index contributed by atoms with van der Waals surface area (Å²) in [4.78, 5) is 13.8. The minimum Gasteiger partial charge on any atom is -0.454 e. The van der Waals surface area contributed by atoms with Gasteiger partial charge >= 0.3 is 0 Å². The number of amides is 1. The van der Waals surface area contributed by atoms with Crippen LogP contribution in [-0.2, 0) is 12.8 Å². The van der Waals surface area contributed by atoms with Crippen LogP contribution in [0.3, 0.4) is 0 Å². The van der Waals surface area contributed by atoms with Gasteiger partial charge in [-0.15, -0.1) is 11.3 Å². The largest absolute Gasteiger partial charge is 0.454 e. The molecule has 2 heterocycles. The first kappa shape index (κ1) is 20.6. The van der Waals surface area contributed by atoms with Crippen LogP contribution in [0.15, 0.2) is 18.2 Å². The zero-order valence-electron chi connectivity index (χ0n) is 17.1. The van der Waals surface area contributed by atoms with Crippen molar-refractivity contribution in [2.24, 2.45) is 11.3 Å². The minimum atomic E-state index is -0.349. The Hall–Kier alpha value is -2.63. The average Bonchev–Trinajstić information content (AvgIpc) is 3.29. The molecule has 8 heteroatoms. The Bertz CT molecular complexity index is 1060. The van der Waals surface area contributed by atoms with Gasteiger partial charge in [0, 0.05) is 10.4 Å². The molecular weight excluding hydrogens is 418 g/mol. The van der Waals surface area contributed by atoms with Crippen LogP contribution in [-0.4, -0.2) is 17.8 Å². The molecule has 0 spiro atoms. The molecule has 2 aliphatic rings. The second-order valence-corrected chi connectivity index (χ2v) is 10.1. The summed E-state index contributed by atoms with van der Waals surface area (Å²) in [6.07, 6.45) is 2.94. The maximum absolute atomic E-state index is 12.6. The molecule has 1 aromatic heterocycles. The lowest BCUT2D eigenvalue weighted by Crippen LogP contribution is -2.34. The molecule has 1 atom stereocenters. The molecule has 0 saturated carbocycles. The smallest absolute Gasteiger partial charge is 0.257 e. The van der Waals surface area contributed by atoms with Crippen LogP contribution < -0.4 is 20.1 Å². The van der Waals surface area contributed by atoms with Gasteiger partial charge in [-0.3, -0.25) is 10.1 Å². The van der Waals surface area contributed by atoms with Gasteiger partial charge in [0.25, 0.3) is 5.91 Å². The lowest BCUT2D eigenvalue weighted by atomic mass is 9.72. The first-order valence-electron chi connectivity index (χ1n) is 9.83. The second-order valence-electron chi connectivity index (χ2n) is 8.60. The van der Waals surface area contributed by atoms with Crippen LogP contribution in [0.4, 0.5) is 5.00 Å². The van der Waals surface area contributed by atoms with Gasteiger partial charge in [0.2, 0.25) is 6.79 Å². The standard InChI is InChI=1S/C22H23N3O3S2/c1-22(2,3)13-5-6-14-15(10-23)20(30-18(14)9-13)25-21(29)24-19(26)12-4-7-16-17(8-12)28-11-27-16/h4,7-8,13H,5-6,9,11H2,1-3H3,(H2,24,25,26,29). The van der Waals surface area contributed by atoms with Crippen molar-refractivity contribution < 1.29 is 14.3 Å².